The minimum Gasteiger partial charge on any atom is -0.331 e. The second-order valence-electron chi connectivity index (χ2n) is 5.81. The molecule has 0 radical (unpaired) electrons. The van der Waals surface area contributed by atoms with Crippen molar-refractivity contribution in [3.63, 3.8) is 0 Å². The molecule has 0 bridgehead atoms. The Balaban J connectivity index is 1.77. The molecule has 1 atom stereocenters. The van der Waals surface area contributed by atoms with Crippen molar-refractivity contribution in [3.05, 3.63) is 57.5 Å². The lowest BCUT2D eigenvalue weighted by Crippen LogP contribution is -2.40. The topological polar surface area (TPSA) is 20.3 Å². The number of amides is 1. The van der Waals surface area contributed by atoms with Gasteiger partial charge in [-0.25, -0.2) is 4.39 Å². The monoisotopic (exact) mass is 301 g/mol. The molecule has 2 aromatic rings. The third-order valence-corrected chi connectivity index (χ3v) is 5.36. The number of fused-ring (bicyclic) bond motifs is 1. The van der Waals surface area contributed by atoms with Gasteiger partial charge in [0.05, 0.1) is 6.04 Å². The number of hydrogen-bond acceptors (Lipinski definition) is 2. The normalized spacial score (nSPS) is 21.2. The van der Waals surface area contributed by atoms with E-state index in [0.717, 1.165) is 31.4 Å². The maximum atomic E-state index is 13.2. The summed E-state index contributed by atoms with van der Waals surface area (Å²) in [7, 11) is 0. The molecule has 108 valence electrons. The number of halogens is 1. The molecule has 1 amide bonds. The lowest BCUT2D eigenvalue weighted by Gasteiger charge is -2.36. The van der Waals surface area contributed by atoms with E-state index in [1.165, 1.54) is 22.6 Å². The van der Waals surface area contributed by atoms with E-state index in [9.17, 15) is 9.18 Å². The first-order valence-corrected chi connectivity index (χ1v) is 8.24. The third kappa shape index (κ3) is 2.27. The molecule has 4 rings (SSSR count). The second-order valence-corrected chi connectivity index (χ2v) is 6.81. The molecule has 1 aromatic heterocycles. The van der Waals surface area contributed by atoms with E-state index < -0.39 is 0 Å². The fraction of sp³-hybridized carbons (Fsp3) is 0.353. The molecule has 0 N–H and O–H groups in total. The smallest absolute Gasteiger partial charge is 0.226 e. The molecule has 1 aliphatic carbocycles. The predicted octanol–water partition coefficient (Wildman–Crippen LogP) is 3.77. The van der Waals surface area contributed by atoms with E-state index in [4.69, 9.17) is 0 Å². The molecule has 0 spiro atoms. The van der Waals surface area contributed by atoms with Gasteiger partial charge in [0.25, 0.3) is 0 Å². The van der Waals surface area contributed by atoms with E-state index in [1.54, 1.807) is 23.5 Å². The Bertz CT molecular complexity index is 674. The number of carbonyl (C=O) groups excluding carboxylic acids is 1. The zero-order valence-electron chi connectivity index (χ0n) is 11.6. The first-order chi connectivity index (χ1) is 10.2. The highest BCUT2D eigenvalue weighted by molar-refractivity contribution is 7.10. The van der Waals surface area contributed by atoms with Crippen LogP contribution in [0.5, 0.6) is 0 Å². The fourth-order valence-electron chi connectivity index (χ4n) is 3.12. The maximum absolute atomic E-state index is 13.2. The number of hydrogen-bond donors (Lipinski definition) is 0. The molecule has 2 aliphatic rings. The van der Waals surface area contributed by atoms with Crippen molar-refractivity contribution in [1.29, 1.82) is 0 Å². The average Bonchev–Trinajstić information content (AvgIpc) is 3.24. The van der Waals surface area contributed by atoms with Crippen LogP contribution >= 0.6 is 11.3 Å². The van der Waals surface area contributed by atoms with E-state index in [1.807, 2.05) is 4.90 Å². The van der Waals surface area contributed by atoms with Gasteiger partial charge in [-0.2, -0.15) is 0 Å². The molecular weight excluding hydrogens is 285 g/mol. The summed E-state index contributed by atoms with van der Waals surface area (Å²) < 4.78 is 13.2. The Kier molecular flexibility index (Phi) is 3.07. The molecular formula is C17H16FNOS. The van der Waals surface area contributed by atoms with Crippen LogP contribution in [0.1, 0.15) is 34.9 Å². The number of rotatable bonds is 2. The van der Waals surface area contributed by atoms with Gasteiger partial charge in [-0.1, -0.05) is 12.1 Å². The number of carbonyl (C=O) groups is 1. The SMILES string of the molecule is O=C(C1CC1)N1CCc2sccc2C1c1ccc(F)cc1. The van der Waals surface area contributed by atoms with Crippen LogP contribution in [0.4, 0.5) is 4.39 Å². The third-order valence-electron chi connectivity index (χ3n) is 4.36. The lowest BCUT2D eigenvalue weighted by molar-refractivity contribution is -0.134. The summed E-state index contributed by atoms with van der Waals surface area (Å²) in [5, 5.41) is 2.09. The second kappa shape index (κ2) is 4.95. The van der Waals surface area contributed by atoms with Crippen molar-refractivity contribution < 1.29 is 9.18 Å². The molecule has 1 saturated carbocycles. The molecule has 0 saturated heterocycles. The molecule has 2 heterocycles. The number of benzene rings is 1. The summed E-state index contributed by atoms with van der Waals surface area (Å²) in [6, 6.07) is 8.64. The van der Waals surface area contributed by atoms with Gasteiger partial charge in [-0.05, 0) is 54.0 Å². The van der Waals surface area contributed by atoms with Crippen molar-refractivity contribution in [2.45, 2.75) is 25.3 Å². The van der Waals surface area contributed by atoms with E-state index in [0.29, 0.717) is 0 Å². The summed E-state index contributed by atoms with van der Waals surface area (Å²) in [6.07, 6.45) is 2.97. The first kappa shape index (κ1) is 13.0. The van der Waals surface area contributed by atoms with Crippen LogP contribution in [0.25, 0.3) is 0 Å². The Morgan fingerprint density at radius 2 is 1.95 bits per heavy atom. The van der Waals surface area contributed by atoms with Crippen molar-refractivity contribution in [3.8, 4) is 0 Å². The quantitative estimate of drug-likeness (QED) is 0.827. The maximum Gasteiger partial charge on any atom is 0.226 e. The van der Waals surface area contributed by atoms with Crippen LogP contribution in [-0.4, -0.2) is 17.4 Å². The van der Waals surface area contributed by atoms with Crippen LogP contribution in [0.2, 0.25) is 0 Å². The molecule has 1 aliphatic heterocycles. The van der Waals surface area contributed by atoms with Crippen LogP contribution < -0.4 is 0 Å². The zero-order chi connectivity index (χ0) is 14.4. The van der Waals surface area contributed by atoms with E-state index in [-0.39, 0.29) is 23.7 Å². The van der Waals surface area contributed by atoms with E-state index >= 15 is 0 Å². The largest absolute Gasteiger partial charge is 0.331 e. The highest BCUT2D eigenvalue weighted by Gasteiger charge is 2.39. The van der Waals surface area contributed by atoms with Crippen LogP contribution in [0.15, 0.2) is 35.7 Å². The van der Waals surface area contributed by atoms with E-state index in [2.05, 4.69) is 11.4 Å². The number of nitrogens with zero attached hydrogens (tertiary/aromatic N) is 1. The number of thiophene rings is 1. The highest BCUT2D eigenvalue weighted by Crippen LogP contribution is 2.41. The Hall–Kier alpha value is -1.68. The van der Waals surface area contributed by atoms with Crippen LogP contribution in [0, 0.1) is 11.7 Å². The van der Waals surface area contributed by atoms with Gasteiger partial charge in [-0.3, -0.25) is 4.79 Å². The van der Waals surface area contributed by atoms with Gasteiger partial charge < -0.3 is 4.90 Å². The zero-order valence-corrected chi connectivity index (χ0v) is 12.4. The minimum atomic E-state index is -0.236. The van der Waals surface area contributed by atoms with Crippen LogP contribution in [-0.2, 0) is 11.2 Å². The van der Waals surface area contributed by atoms with Crippen molar-refractivity contribution in [1.82, 2.24) is 4.90 Å². The molecule has 4 heteroatoms. The van der Waals surface area contributed by atoms with Gasteiger partial charge in [0.1, 0.15) is 5.82 Å². The van der Waals surface area contributed by atoms with Crippen molar-refractivity contribution in [2.24, 2.45) is 5.92 Å². The van der Waals surface area contributed by atoms with Crippen LogP contribution in [0.3, 0.4) is 0 Å². The molecule has 1 unspecified atom stereocenters. The molecule has 1 aromatic carbocycles. The summed E-state index contributed by atoms with van der Waals surface area (Å²) in [5.74, 6) is 0.245. The Morgan fingerprint density at radius 1 is 1.19 bits per heavy atom. The van der Waals surface area contributed by atoms with Gasteiger partial charge in [0.2, 0.25) is 5.91 Å². The van der Waals surface area contributed by atoms with Crippen molar-refractivity contribution in [2.75, 3.05) is 6.54 Å². The standard InChI is InChI=1S/C17H16FNOS/c18-13-5-3-11(4-6-13)16-14-8-10-21-15(14)7-9-19(16)17(20)12-1-2-12/h3-6,8,10,12,16H,1-2,7,9H2. The Labute approximate surface area is 127 Å². The fourth-order valence-corrected chi connectivity index (χ4v) is 4.03. The highest BCUT2D eigenvalue weighted by atomic mass is 32.1. The molecule has 21 heavy (non-hydrogen) atoms. The van der Waals surface area contributed by atoms with Crippen molar-refractivity contribution >= 4 is 17.2 Å². The summed E-state index contributed by atoms with van der Waals surface area (Å²) >= 11 is 1.75. The van der Waals surface area contributed by atoms with Gasteiger partial charge in [0, 0.05) is 17.3 Å². The summed E-state index contributed by atoms with van der Waals surface area (Å²) in [4.78, 5) is 15.9. The summed E-state index contributed by atoms with van der Waals surface area (Å²) in [5.41, 5.74) is 2.22. The minimum absolute atomic E-state index is 0.0475. The predicted molar refractivity (Wildman–Crippen MR) is 80.7 cm³/mol. The average molecular weight is 301 g/mol. The summed E-state index contributed by atoms with van der Waals surface area (Å²) in [6.45, 7) is 0.769. The van der Waals surface area contributed by atoms with Gasteiger partial charge >= 0.3 is 0 Å². The first-order valence-electron chi connectivity index (χ1n) is 7.36. The van der Waals surface area contributed by atoms with Gasteiger partial charge in [-0.15, -0.1) is 11.3 Å². The van der Waals surface area contributed by atoms with Gasteiger partial charge in [0.15, 0.2) is 0 Å². The lowest BCUT2D eigenvalue weighted by atomic mass is 9.93. The molecule has 1 fully saturated rings. The Morgan fingerprint density at radius 3 is 2.67 bits per heavy atom. The molecule has 2 nitrogen and oxygen atoms in total.